The number of hydrogen-bond donors (Lipinski definition) is 2. The molecule has 0 aromatic heterocycles. The van der Waals surface area contributed by atoms with Gasteiger partial charge in [0.25, 0.3) is 0 Å². The van der Waals surface area contributed by atoms with E-state index >= 15 is 0 Å². The average molecular weight is 280 g/mol. The third kappa shape index (κ3) is 3.54. The number of primary amides is 1. The molecule has 0 aliphatic carbocycles. The van der Waals surface area contributed by atoms with Gasteiger partial charge in [0.15, 0.2) is 0 Å². The van der Waals surface area contributed by atoms with Crippen molar-refractivity contribution in [3.63, 3.8) is 0 Å². The Labute approximate surface area is 116 Å². The zero-order chi connectivity index (χ0) is 14.5. The third-order valence-corrected chi connectivity index (χ3v) is 3.34. The number of rotatable bonds is 5. The summed E-state index contributed by atoms with van der Waals surface area (Å²) in [5.41, 5.74) is 5.62. The van der Waals surface area contributed by atoms with Crippen molar-refractivity contribution in [2.45, 2.75) is 18.9 Å². The Kier molecular flexibility index (Phi) is 4.68. The molecular weight excluding hydrogens is 263 g/mol. The molecule has 6 heteroatoms. The van der Waals surface area contributed by atoms with E-state index in [1.807, 2.05) is 0 Å². The fourth-order valence-electron chi connectivity index (χ4n) is 2.14. The highest BCUT2D eigenvalue weighted by molar-refractivity contribution is 5.87. The smallest absolute Gasteiger partial charge is 0.240 e. The summed E-state index contributed by atoms with van der Waals surface area (Å²) in [7, 11) is 0. The van der Waals surface area contributed by atoms with Gasteiger partial charge >= 0.3 is 0 Å². The van der Waals surface area contributed by atoms with E-state index in [1.54, 1.807) is 18.2 Å². The molecule has 108 valence electrons. The van der Waals surface area contributed by atoms with Gasteiger partial charge in [-0.3, -0.25) is 9.59 Å². The van der Waals surface area contributed by atoms with Gasteiger partial charge in [-0.25, -0.2) is 4.39 Å². The van der Waals surface area contributed by atoms with Crippen molar-refractivity contribution in [2.75, 3.05) is 13.2 Å². The lowest BCUT2D eigenvalue weighted by Crippen LogP contribution is -2.48. The molecular formula is C14H17FN2O3. The first-order chi connectivity index (χ1) is 9.58. The molecule has 1 fully saturated rings. The molecule has 1 saturated heterocycles. The summed E-state index contributed by atoms with van der Waals surface area (Å²) in [6, 6.07) is 5.19. The van der Waals surface area contributed by atoms with Gasteiger partial charge in [-0.05, 0) is 18.1 Å². The van der Waals surface area contributed by atoms with Crippen molar-refractivity contribution in [3.05, 3.63) is 35.6 Å². The minimum absolute atomic E-state index is 0.0430. The zero-order valence-corrected chi connectivity index (χ0v) is 11.0. The van der Waals surface area contributed by atoms with Gasteiger partial charge in [0.1, 0.15) is 11.9 Å². The van der Waals surface area contributed by atoms with Gasteiger partial charge in [0.05, 0.1) is 12.5 Å². The van der Waals surface area contributed by atoms with Gasteiger partial charge in [0.2, 0.25) is 11.8 Å². The van der Waals surface area contributed by atoms with Crippen molar-refractivity contribution in [2.24, 2.45) is 11.7 Å². The highest BCUT2D eigenvalue weighted by Crippen LogP contribution is 2.14. The van der Waals surface area contributed by atoms with E-state index in [-0.39, 0.29) is 18.2 Å². The van der Waals surface area contributed by atoms with Crippen LogP contribution in [0.1, 0.15) is 12.0 Å². The van der Waals surface area contributed by atoms with Crippen LogP contribution in [0.4, 0.5) is 4.39 Å². The standard InChI is InChI=1S/C14H17FN2O3/c15-11-4-2-1-3-9(11)7-12(13(16)18)17-14(19)10-5-6-20-8-10/h1-4,10,12H,5-8H2,(H2,16,18)(H,17,19)/t10-,12-/m0/s1. The molecule has 1 aliphatic heterocycles. The maximum Gasteiger partial charge on any atom is 0.240 e. The zero-order valence-electron chi connectivity index (χ0n) is 11.0. The number of halogens is 1. The summed E-state index contributed by atoms with van der Waals surface area (Å²) in [4.78, 5) is 23.4. The largest absolute Gasteiger partial charge is 0.381 e. The van der Waals surface area contributed by atoms with E-state index in [0.717, 1.165) is 0 Å². The predicted octanol–water partition coefficient (Wildman–Crippen LogP) is 0.375. The lowest BCUT2D eigenvalue weighted by Gasteiger charge is -2.18. The number of hydrogen-bond acceptors (Lipinski definition) is 3. The van der Waals surface area contributed by atoms with Gasteiger partial charge in [-0.2, -0.15) is 0 Å². The molecule has 3 N–H and O–H groups in total. The second-order valence-electron chi connectivity index (χ2n) is 4.82. The molecule has 2 atom stereocenters. The number of benzene rings is 1. The first-order valence-corrected chi connectivity index (χ1v) is 6.48. The maximum absolute atomic E-state index is 13.6. The minimum atomic E-state index is -0.917. The number of amides is 2. The molecule has 0 bridgehead atoms. The van der Waals surface area contributed by atoms with Crippen molar-refractivity contribution < 1.29 is 18.7 Å². The maximum atomic E-state index is 13.6. The Bertz CT molecular complexity index is 501. The first-order valence-electron chi connectivity index (χ1n) is 6.48. The number of ether oxygens (including phenoxy) is 1. The van der Waals surface area contributed by atoms with Crippen molar-refractivity contribution >= 4 is 11.8 Å². The van der Waals surface area contributed by atoms with Crippen LogP contribution in [-0.4, -0.2) is 31.1 Å². The average Bonchev–Trinajstić information content (AvgIpc) is 2.94. The summed E-state index contributed by atoms with van der Waals surface area (Å²) in [5, 5.41) is 2.57. The number of carbonyl (C=O) groups is 2. The van der Waals surface area contributed by atoms with Crippen molar-refractivity contribution in [1.82, 2.24) is 5.32 Å². The monoisotopic (exact) mass is 280 g/mol. The summed E-state index contributed by atoms with van der Waals surface area (Å²) in [6.07, 6.45) is 0.665. The summed E-state index contributed by atoms with van der Waals surface area (Å²) >= 11 is 0. The second kappa shape index (κ2) is 6.47. The predicted molar refractivity (Wildman–Crippen MR) is 70.2 cm³/mol. The summed E-state index contributed by atoms with van der Waals surface area (Å²) in [5.74, 6) is -1.64. The molecule has 2 rings (SSSR count). The van der Waals surface area contributed by atoms with Crippen LogP contribution in [-0.2, 0) is 20.7 Å². The SMILES string of the molecule is NC(=O)[C@H](Cc1ccccc1F)NC(=O)[C@H]1CCOC1. The Morgan fingerprint density at radius 1 is 1.45 bits per heavy atom. The van der Waals surface area contributed by atoms with Crippen LogP contribution in [0, 0.1) is 11.7 Å². The van der Waals surface area contributed by atoms with Crippen LogP contribution < -0.4 is 11.1 Å². The Hall–Kier alpha value is -1.95. The van der Waals surface area contributed by atoms with Crippen LogP contribution in [0.3, 0.4) is 0 Å². The van der Waals surface area contributed by atoms with E-state index in [1.165, 1.54) is 6.07 Å². The fraction of sp³-hybridized carbons (Fsp3) is 0.429. The minimum Gasteiger partial charge on any atom is -0.381 e. The van der Waals surface area contributed by atoms with E-state index in [0.29, 0.717) is 25.2 Å². The molecule has 0 saturated carbocycles. The van der Waals surface area contributed by atoms with E-state index in [2.05, 4.69) is 5.32 Å². The van der Waals surface area contributed by atoms with Crippen molar-refractivity contribution in [3.8, 4) is 0 Å². The number of carbonyl (C=O) groups excluding carboxylic acids is 2. The fourth-order valence-corrected chi connectivity index (χ4v) is 2.14. The Balaban J connectivity index is 2.02. The van der Waals surface area contributed by atoms with Gasteiger partial charge in [-0.15, -0.1) is 0 Å². The van der Waals surface area contributed by atoms with Crippen LogP contribution in [0.2, 0.25) is 0 Å². The second-order valence-corrected chi connectivity index (χ2v) is 4.82. The lowest BCUT2D eigenvalue weighted by atomic mass is 10.0. The van der Waals surface area contributed by atoms with E-state index in [4.69, 9.17) is 10.5 Å². The summed E-state index contributed by atoms with van der Waals surface area (Å²) < 4.78 is 18.7. The molecule has 1 aliphatic rings. The topological polar surface area (TPSA) is 81.4 Å². The molecule has 2 amide bonds. The van der Waals surface area contributed by atoms with Gasteiger partial charge < -0.3 is 15.8 Å². The Morgan fingerprint density at radius 2 is 2.20 bits per heavy atom. The molecule has 1 aromatic carbocycles. The molecule has 0 spiro atoms. The number of nitrogens with one attached hydrogen (secondary N) is 1. The molecule has 0 radical (unpaired) electrons. The molecule has 5 nitrogen and oxygen atoms in total. The molecule has 20 heavy (non-hydrogen) atoms. The highest BCUT2D eigenvalue weighted by atomic mass is 19.1. The summed E-state index contributed by atoms with van der Waals surface area (Å²) in [6.45, 7) is 0.879. The lowest BCUT2D eigenvalue weighted by molar-refractivity contribution is -0.129. The normalized spacial score (nSPS) is 19.6. The van der Waals surface area contributed by atoms with Crippen LogP contribution >= 0.6 is 0 Å². The molecule has 1 heterocycles. The number of nitrogens with two attached hydrogens (primary N) is 1. The van der Waals surface area contributed by atoms with Crippen molar-refractivity contribution in [1.29, 1.82) is 0 Å². The van der Waals surface area contributed by atoms with E-state index < -0.39 is 17.8 Å². The highest BCUT2D eigenvalue weighted by Gasteiger charge is 2.27. The van der Waals surface area contributed by atoms with Gasteiger partial charge in [0, 0.05) is 13.0 Å². The molecule has 1 aromatic rings. The Morgan fingerprint density at radius 3 is 2.80 bits per heavy atom. The van der Waals surface area contributed by atoms with E-state index in [9.17, 15) is 14.0 Å². The first kappa shape index (κ1) is 14.5. The molecule has 0 unspecified atom stereocenters. The van der Waals surface area contributed by atoms with Gasteiger partial charge in [-0.1, -0.05) is 18.2 Å². The van der Waals surface area contributed by atoms with Crippen LogP contribution in [0.25, 0.3) is 0 Å². The quantitative estimate of drug-likeness (QED) is 0.818. The third-order valence-electron chi connectivity index (χ3n) is 3.34. The van der Waals surface area contributed by atoms with Crippen LogP contribution in [0.15, 0.2) is 24.3 Å². The van der Waals surface area contributed by atoms with Crippen LogP contribution in [0.5, 0.6) is 0 Å².